The van der Waals surface area contributed by atoms with Gasteiger partial charge in [-0.05, 0) is 93.6 Å². The maximum absolute atomic E-state index is 13.3. The van der Waals surface area contributed by atoms with Crippen molar-refractivity contribution in [3.63, 3.8) is 0 Å². The van der Waals surface area contributed by atoms with E-state index < -0.39 is 5.60 Å². The van der Waals surface area contributed by atoms with Gasteiger partial charge >= 0.3 is 11.9 Å². The van der Waals surface area contributed by atoms with Crippen molar-refractivity contribution in [1.82, 2.24) is 0 Å². The highest BCUT2D eigenvalue weighted by Crippen LogP contribution is 2.65. The molecule has 0 spiro atoms. The standard InChI is InChI=1S/C53H88O4/c1-5-9-11-13-15-17-19-21-23-25-27-29-31-33-50(54)56-45-36-38-46-44(43-45)35-37-48-47(46)39-41-52(7-3)49(48)40-42-53(52,8-4)57-51(55)34-32-30-28-26-24-22-20-18-16-14-12-10-6-2/h4,40,42-43,45-49H,5-7,9-39,41H2,1-3H3/t45-,46-,47+,48+,49-,52-,53-/m0/s1. The first-order valence-corrected chi connectivity index (χ1v) is 25.2. The average molecular weight is 789 g/mol. The lowest BCUT2D eigenvalue weighted by atomic mass is 9.49. The second kappa shape index (κ2) is 27.0. The molecule has 0 aromatic rings. The predicted octanol–water partition coefficient (Wildman–Crippen LogP) is 15.5. The molecule has 4 nitrogen and oxygen atoms in total. The molecular formula is C53H88O4. The first-order chi connectivity index (χ1) is 27.9. The van der Waals surface area contributed by atoms with Crippen LogP contribution in [0, 0.1) is 41.4 Å². The highest BCUT2D eigenvalue weighted by molar-refractivity contribution is 5.71. The Kier molecular flexibility index (Phi) is 22.5. The molecule has 4 heteroatoms. The molecule has 0 amide bonds. The van der Waals surface area contributed by atoms with E-state index >= 15 is 0 Å². The Hall–Kier alpha value is -2.02. The Balaban J connectivity index is 1.12. The molecule has 4 rings (SSSR count). The maximum atomic E-state index is 13.3. The van der Waals surface area contributed by atoms with Crippen LogP contribution in [0.3, 0.4) is 0 Å². The Morgan fingerprint density at radius 2 is 1.12 bits per heavy atom. The van der Waals surface area contributed by atoms with Crippen LogP contribution in [0.1, 0.15) is 245 Å². The van der Waals surface area contributed by atoms with E-state index in [0.29, 0.717) is 36.5 Å². The molecule has 0 aromatic carbocycles. The average Bonchev–Trinajstić information content (AvgIpc) is 3.55. The van der Waals surface area contributed by atoms with Gasteiger partial charge in [-0.25, -0.2) is 0 Å². The zero-order valence-corrected chi connectivity index (χ0v) is 37.6. The smallest absolute Gasteiger partial charge is 0.307 e. The van der Waals surface area contributed by atoms with E-state index in [1.54, 1.807) is 0 Å². The van der Waals surface area contributed by atoms with Crippen LogP contribution >= 0.6 is 0 Å². The van der Waals surface area contributed by atoms with E-state index in [-0.39, 0.29) is 23.5 Å². The van der Waals surface area contributed by atoms with Gasteiger partial charge in [-0.3, -0.25) is 9.59 Å². The summed E-state index contributed by atoms with van der Waals surface area (Å²) in [7, 11) is 0. The predicted molar refractivity (Wildman–Crippen MR) is 240 cm³/mol. The molecule has 0 heterocycles. The number of carbonyl (C=O) groups is 2. The summed E-state index contributed by atoms with van der Waals surface area (Å²) in [4.78, 5) is 26.2. The molecular weight excluding hydrogens is 701 g/mol. The van der Waals surface area contributed by atoms with Crippen molar-refractivity contribution in [2.24, 2.45) is 29.1 Å². The summed E-state index contributed by atoms with van der Waals surface area (Å²) in [6.45, 7) is 6.82. The lowest BCUT2D eigenvalue weighted by Crippen LogP contribution is -2.55. The molecule has 7 atom stereocenters. The van der Waals surface area contributed by atoms with Crippen molar-refractivity contribution in [2.45, 2.75) is 257 Å². The summed E-state index contributed by atoms with van der Waals surface area (Å²) >= 11 is 0. The summed E-state index contributed by atoms with van der Waals surface area (Å²) in [6.07, 6.45) is 55.3. The first-order valence-electron chi connectivity index (χ1n) is 25.2. The molecule has 4 aliphatic rings. The van der Waals surface area contributed by atoms with Crippen molar-refractivity contribution in [2.75, 3.05) is 0 Å². The summed E-state index contributed by atoms with van der Waals surface area (Å²) in [5, 5.41) is 0. The van der Waals surface area contributed by atoms with Crippen molar-refractivity contribution in [1.29, 1.82) is 0 Å². The lowest BCUT2D eigenvalue weighted by molar-refractivity contribution is -0.168. The number of unbranched alkanes of at least 4 members (excludes halogenated alkanes) is 24. The zero-order valence-electron chi connectivity index (χ0n) is 37.6. The van der Waals surface area contributed by atoms with E-state index in [1.807, 2.05) is 0 Å². The third kappa shape index (κ3) is 14.6. The van der Waals surface area contributed by atoms with Crippen LogP contribution in [0.15, 0.2) is 23.8 Å². The van der Waals surface area contributed by atoms with Gasteiger partial charge in [0.05, 0.1) is 0 Å². The van der Waals surface area contributed by atoms with Crippen molar-refractivity contribution < 1.29 is 19.1 Å². The molecule has 0 saturated heterocycles. The number of esters is 2. The van der Waals surface area contributed by atoms with E-state index in [9.17, 15) is 9.59 Å². The first kappa shape index (κ1) is 47.7. The van der Waals surface area contributed by atoms with Gasteiger partial charge < -0.3 is 9.47 Å². The molecule has 2 saturated carbocycles. The van der Waals surface area contributed by atoms with Crippen LogP contribution in [0.2, 0.25) is 0 Å². The van der Waals surface area contributed by atoms with E-state index in [1.165, 1.54) is 147 Å². The third-order valence-electron chi connectivity index (χ3n) is 15.1. The van der Waals surface area contributed by atoms with Gasteiger partial charge in [0.25, 0.3) is 0 Å². The molecule has 0 bridgehead atoms. The Morgan fingerprint density at radius 3 is 1.61 bits per heavy atom. The number of rotatable bonds is 31. The number of allylic oxidation sites excluding steroid dienone is 2. The second-order valence-corrected chi connectivity index (χ2v) is 19.1. The normalized spacial score (nSPS) is 27.5. The zero-order chi connectivity index (χ0) is 40.6. The molecule has 324 valence electrons. The van der Waals surface area contributed by atoms with Crippen molar-refractivity contribution >= 4 is 11.9 Å². The lowest BCUT2D eigenvalue weighted by Gasteiger charge is -2.56. The van der Waals surface area contributed by atoms with Crippen LogP contribution in [0.5, 0.6) is 0 Å². The molecule has 57 heavy (non-hydrogen) atoms. The van der Waals surface area contributed by atoms with Gasteiger partial charge in [0.2, 0.25) is 0 Å². The Labute approximate surface area is 352 Å². The largest absolute Gasteiger partial charge is 0.458 e. The van der Waals surface area contributed by atoms with Crippen LogP contribution in [0.25, 0.3) is 0 Å². The number of hydrogen-bond acceptors (Lipinski definition) is 4. The van der Waals surface area contributed by atoms with E-state index in [0.717, 1.165) is 70.6 Å². The highest BCUT2D eigenvalue weighted by atomic mass is 16.6. The van der Waals surface area contributed by atoms with Crippen LogP contribution in [-0.4, -0.2) is 23.6 Å². The maximum Gasteiger partial charge on any atom is 0.307 e. The van der Waals surface area contributed by atoms with Gasteiger partial charge in [-0.1, -0.05) is 192 Å². The van der Waals surface area contributed by atoms with Crippen molar-refractivity contribution in [3.05, 3.63) is 23.8 Å². The number of hydrogen-bond donors (Lipinski definition) is 0. The molecule has 4 aliphatic carbocycles. The summed E-state index contributed by atoms with van der Waals surface area (Å²) < 4.78 is 12.5. The van der Waals surface area contributed by atoms with Crippen LogP contribution < -0.4 is 0 Å². The summed E-state index contributed by atoms with van der Waals surface area (Å²) in [5.74, 6) is 5.04. The quantitative estimate of drug-likeness (QED) is 0.0304. The number of carbonyl (C=O) groups excluding carboxylic acids is 2. The molecule has 0 unspecified atom stereocenters. The Morgan fingerprint density at radius 1 is 0.632 bits per heavy atom. The minimum Gasteiger partial charge on any atom is -0.458 e. The van der Waals surface area contributed by atoms with Gasteiger partial charge in [0, 0.05) is 18.3 Å². The topological polar surface area (TPSA) is 52.6 Å². The highest BCUT2D eigenvalue weighted by Gasteiger charge is 2.63. The molecule has 0 radical (unpaired) electrons. The van der Waals surface area contributed by atoms with Gasteiger partial charge in [-0.15, -0.1) is 6.42 Å². The minimum atomic E-state index is -0.930. The minimum absolute atomic E-state index is 0.0113. The van der Waals surface area contributed by atoms with Gasteiger partial charge in [0.15, 0.2) is 5.60 Å². The van der Waals surface area contributed by atoms with Crippen LogP contribution in [-0.2, 0) is 19.1 Å². The fourth-order valence-electron chi connectivity index (χ4n) is 11.8. The molecule has 2 fully saturated rings. The Bertz CT molecular complexity index is 1240. The number of fused-ring (bicyclic) bond motifs is 5. The van der Waals surface area contributed by atoms with E-state index in [2.05, 4.69) is 44.9 Å². The number of terminal acetylenes is 1. The fraction of sp³-hybridized carbons (Fsp3) is 0.849. The van der Waals surface area contributed by atoms with Gasteiger partial charge in [-0.2, -0.15) is 0 Å². The molecule has 0 aromatic heterocycles. The number of ether oxygens (including phenoxy) is 2. The van der Waals surface area contributed by atoms with E-state index in [4.69, 9.17) is 15.9 Å². The second-order valence-electron chi connectivity index (χ2n) is 19.1. The monoisotopic (exact) mass is 789 g/mol. The fourth-order valence-corrected chi connectivity index (χ4v) is 11.8. The molecule has 0 N–H and O–H groups in total. The van der Waals surface area contributed by atoms with Crippen molar-refractivity contribution in [3.8, 4) is 12.3 Å². The summed E-state index contributed by atoms with van der Waals surface area (Å²) in [5.41, 5.74) is 0.385. The van der Waals surface area contributed by atoms with Gasteiger partial charge in [0.1, 0.15) is 6.10 Å². The molecule has 0 aliphatic heterocycles. The third-order valence-corrected chi connectivity index (χ3v) is 15.1. The SMILES string of the molecule is C#C[C@]1(OC(=O)CCCCCCCCCCCCCCC)C=C[C@H]2[C@@H]3CCC4=C[C@@H](OC(=O)CCCCCCCCCCCCCCC)CC[C@@H]4[C@H]3CC[C@@]21CC. The van der Waals surface area contributed by atoms with Crippen LogP contribution in [0.4, 0.5) is 0 Å². The summed E-state index contributed by atoms with van der Waals surface area (Å²) in [6, 6.07) is 0.